The molecule has 0 unspecified atom stereocenters. The summed E-state index contributed by atoms with van der Waals surface area (Å²) in [5, 5.41) is 2.75. The molecule has 1 aromatic carbocycles. The summed E-state index contributed by atoms with van der Waals surface area (Å²) in [5.41, 5.74) is 5.67. The molecule has 1 amide bonds. The van der Waals surface area contributed by atoms with Crippen molar-refractivity contribution in [1.29, 1.82) is 0 Å². The number of halogens is 3. The molecule has 0 saturated heterocycles. The van der Waals surface area contributed by atoms with Crippen LogP contribution in [0.15, 0.2) is 18.2 Å². The lowest BCUT2D eigenvalue weighted by Gasteiger charge is -2.27. The first kappa shape index (κ1) is 15.6. The lowest BCUT2D eigenvalue weighted by Crippen LogP contribution is -2.40. The van der Waals surface area contributed by atoms with Crippen LogP contribution in [0.5, 0.6) is 5.75 Å². The van der Waals surface area contributed by atoms with Crippen molar-refractivity contribution < 1.29 is 22.7 Å². The van der Waals surface area contributed by atoms with Gasteiger partial charge in [-0.1, -0.05) is 0 Å². The minimum atomic E-state index is -3.12. The van der Waals surface area contributed by atoms with Gasteiger partial charge in [0.1, 0.15) is 11.6 Å². The number of hydrogen-bond acceptors (Lipinski definition) is 3. The van der Waals surface area contributed by atoms with Crippen LogP contribution < -0.4 is 15.8 Å². The van der Waals surface area contributed by atoms with Crippen molar-refractivity contribution in [2.75, 3.05) is 0 Å². The summed E-state index contributed by atoms with van der Waals surface area (Å²) in [6.45, 7) is -3.12. The quantitative estimate of drug-likeness (QED) is 0.898. The van der Waals surface area contributed by atoms with Gasteiger partial charge in [-0.25, -0.2) is 4.39 Å². The van der Waals surface area contributed by atoms with Crippen LogP contribution in [0, 0.1) is 5.82 Å². The monoisotopic (exact) mass is 302 g/mol. The van der Waals surface area contributed by atoms with Gasteiger partial charge in [0.05, 0.1) is 5.56 Å². The maximum absolute atomic E-state index is 13.1. The third kappa shape index (κ3) is 4.35. The van der Waals surface area contributed by atoms with E-state index >= 15 is 0 Å². The lowest BCUT2D eigenvalue weighted by atomic mass is 9.91. The molecule has 0 aromatic heterocycles. The Balaban J connectivity index is 2.07. The van der Waals surface area contributed by atoms with Gasteiger partial charge in [0.15, 0.2) is 0 Å². The molecule has 1 aliphatic rings. The van der Waals surface area contributed by atoms with E-state index in [0.29, 0.717) is 0 Å². The number of carbonyl (C=O) groups excluding carboxylic acids is 1. The molecular formula is C14H17F3N2O2. The Kier molecular flexibility index (Phi) is 5.06. The van der Waals surface area contributed by atoms with Crippen molar-refractivity contribution in [3.05, 3.63) is 29.6 Å². The first-order valence-corrected chi connectivity index (χ1v) is 6.76. The summed E-state index contributed by atoms with van der Waals surface area (Å²) >= 11 is 0. The average molecular weight is 302 g/mol. The van der Waals surface area contributed by atoms with Crippen molar-refractivity contribution in [3.63, 3.8) is 0 Å². The van der Waals surface area contributed by atoms with Crippen molar-refractivity contribution in [3.8, 4) is 5.75 Å². The maximum Gasteiger partial charge on any atom is 0.387 e. The molecule has 1 saturated carbocycles. The van der Waals surface area contributed by atoms with E-state index < -0.39 is 24.1 Å². The number of benzene rings is 1. The fourth-order valence-corrected chi connectivity index (χ4v) is 2.40. The molecule has 0 radical (unpaired) electrons. The minimum Gasteiger partial charge on any atom is -0.434 e. The zero-order chi connectivity index (χ0) is 15.4. The Labute approximate surface area is 120 Å². The molecule has 21 heavy (non-hydrogen) atoms. The normalized spacial score (nSPS) is 22.1. The van der Waals surface area contributed by atoms with Crippen LogP contribution in [-0.2, 0) is 0 Å². The molecule has 1 fully saturated rings. The molecular weight excluding hydrogens is 285 g/mol. The largest absolute Gasteiger partial charge is 0.434 e. The van der Waals surface area contributed by atoms with E-state index in [9.17, 15) is 18.0 Å². The van der Waals surface area contributed by atoms with Crippen LogP contribution in [0.3, 0.4) is 0 Å². The fraction of sp³-hybridized carbons (Fsp3) is 0.500. The number of amides is 1. The van der Waals surface area contributed by atoms with Gasteiger partial charge in [0, 0.05) is 18.2 Å². The second kappa shape index (κ2) is 6.80. The van der Waals surface area contributed by atoms with E-state index in [4.69, 9.17) is 5.73 Å². The first-order valence-electron chi connectivity index (χ1n) is 6.76. The number of nitrogens with two attached hydrogens (primary N) is 1. The molecule has 0 bridgehead atoms. The molecule has 7 heteroatoms. The number of ether oxygens (including phenoxy) is 1. The highest BCUT2D eigenvalue weighted by molar-refractivity contribution is 5.97. The molecule has 0 atom stereocenters. The van der Waals surface area contributed by atoms with Crippen molar-refractivity contribution in [1.82, 2.24) is 5.32 Å². The van der Waals surface area contributed by atoms with Gasteiger partial charge in [-0.05, 0) is 37.8 Å². The Morgan fingerprint density at radius 3 is 2.57 bits per heavy atom. The lowest BCUT2D eigenvalue weighted by molar-refractivity contribution is -0.0503. The molecule has 0 aliphatic heterocycles. The second-order valence-corrected chi connectivity index (χ2v) is 5.10. The summed E-state index contributed by atoms with van der Waals surface area (Å²) in [6.07, 6.45) is 3.07. The Morgan fingerprint density at radius 2 is 1.95 bits per heavy atom. The number of hydrogen-bond donors (Lipinski definition) is 2. The predicted molar refractivity (Wildman–Crippen MR) is 70.7 cm³/mol. The molecule has 1 aromatic rings. The zero-order valence-corrected chi connectivity index (χ0v) is 11.3. The van der Waals surface area contributed by atoms with Crippen molar-refractivity contribution in [2.24, 2.45) is 5.73 Å². The standard InChI is InChI=1S/C14H17F3N2O2/c15-8-1-6-11(12(7-8)21-14(16)17)13(20)19-10-4-2-9(18)3-5-10/h1,6-7,9-10,14H,2-5,18H2,(H,19,20). The zero-order valence-electron chi connectivity index (χ0n) is 11.3. The highest BCUT2D eigenvalue weighted by Crippen LogP contribution is 2.23. The van der Waals surface area contributed by atoms with Crippen LogP contribution in [0.25, 0.3) is 0 Å². The summed E-state index contributed by atoms with van der Waals surface area (Å²) in [5.74, 6) is -1.76. The van der Waals surface area contributed by atoms with E-state index in [1.165, 1.54) is 0 Å². The van der Waals surface area contributed by atoms with Crippen molar-refractivity contribution in [2.45, 2.75) is 44.4 Å². The third-order valence-corrected chi connectivity index (χ3v) is 3.51. The van der Waals surface area contributed by atoms with Gasteiger partial charge in [-0.15, -0.1) is 0 Å². The Hall–Kier alpha value is -1.76. The average Bonchev–Trinajstić information content (AvgIpc) is 2.40. The third-order valence-electron chi connectivity index (χ3n) is 3.51. The predicted octanol–water partition coefficient (Wildman–Crippen LogP) is 2.43. The highest BCUT2D eigenvalue weighted by Gasteiger charge is 2.23. The maximum atomic E-state index is 13.1. The number of carbonyl (C=O) groups is 1. The Morgan fingerprint density at radius 1 is 1.29 bits per heavy atom. The fourth-order valence-electron chi connectivity index (χ4n) is 2.40. The summed E-state index contributed by atoms with van der Waals surface area (Å²) in [7, 11) is 0. The van der Waals surface area contributed by atoms with Crippen molar-refractivity contribution >= 4 is 5.91 Å². The highest BCUT2D eigenvalue weighted by atomic mass is 19.3. The van der Waals surface area contributed by atoms with E-state index in [1.54, 1.807) is 0 Å². The topological polar surface area (TPSA) is 64.3 Å². The first-order chi connectivity index (χ1) is 9.95. The van der Waals surface area contributed by atoms with Gasteiger partial charge in [-0.3, -0.25) is 4.79 Å². The van der Waals surface area contributed by atoms with E-state index in [1.807, 2.05) is 0 Å². The number of alkyl halides is 2. The van der Waals surface area contributed by atoms with E-state index in [0.717, 1.165) is 43.9 Å². The van der Waals surface area contributed by atoms with Gasteiger partial charge in [0.2, 0.25) is 0 Å². The van der Waals surface area contributed by atoms with Crippen LogP contribution >= 0.6 is 0 Å². The smallest absolute Gasteiger partial charge is 0.387 e. The van der Waals surface area contributed by atoms with Crippen LogP contribution in [0.2, 0.25) is 0 Å². The molecule has 3 N–H and O–H groups in total. The minimum absolute atomic E-state index is 0.0539. The number of nitrogens with one attached hydrogen (secondary N) is 1. The van der Waals surface area contributed by atoms with Gasteiger partial charge < -0.3 is 15.8 Å². The second-order valence-electron chi connectivity index (χ2n) is 5.10. The van der Waals surface area contributed by atoms with Crippen LogP contribution in [0.4, 0.5) is 13.2 Å². The molecule has 0 heterocycles. The Bertz CT molecular complexity index is 503. The summed E-state index contributed by atoms with van der Waals surface area (Å²) < 4.78 is 41.9. The number of rotatable bonds is 4. The summed E-state index contributed by atoms with van der Waals surface area (Å²) in [4.78, 5) is 12.1. The molecule has 4 nitrogen and oxygen atoms in total. The van der Waals surface area contributed by atoms with E-state index in [-0.39, 0.29) is 17.6 Å². The van der Waals surface area contributed by atoms with Gasteiger partial charge in [-0.2, -0.15) is 8.78 Å². The van der Waals surface area contributed by atoms with Crippen LogP contribution in [0.1, 0.15) is 36.0 Å². The molecule has 116 valence electrons. The molecule has 2 rings (SSSR count). The van der Waals surface area contributed by atoms with Gasteiger partial charge in [0.25, 0.3) is 5.91 Å². The summed E-state index contributed by atoms with van der Waals surface area (Å²) in [6, 6.07) is 3.03. The van der Waals surface area contributed by atoms with Gasteiger partial charge >= 0.3 is 6.61 Å². The molecule has 0 spiro atoms. The SMILES string of the molecule is NC1CCC(NC(=O)c2ccc(F)cc2OC(F)F)CC1. The molecule has 1 aliphatic carbocycles. The van der Waals surface area contributed by atoms with E-state index in [2.05, 4.69) is 10.1 Å². The van der Waals surface area contributed by atoms with Crippen LogP contribution in [-0.4, -0.2) is 24.6 Å².